The van der Waals surface area contributed by atoms with Crippen molar-refractivity contribution in [2.45, 2.75) is 18.9 Å². The van der Waals surface area contributed by atoms with Crippen LogP contribution in [0.3, 0.4) is 0 Å². The van der Waals surface area contributed by atoms with Crippen molar-refractivity contribution in [1.29, 1.82) is 0 Å². The molecule has 1 aromatic heterocycles. The smallest absolute Gasteiger partial charge is 0.256 e. The van der Waals surface area contributed by atoms with E-state index in [0.717, 1.165) is 12.8 Å². The van der Waals surface area contributed by atoms with Gasteiger partial charge in [-0.1, -0.05) is 0 Å². The van der Waals surface area contributed by atoms with Gasteiger partial charge in [-0.05, 0) is 12.8 Å². The van der Waals surface area contributed by atoms with Crippen molar-refractivity contribution in [3.05, 3.63) is 23.5 Å². The summed E-state index contributed by atoms with van der Waals surface area (Å²) >= 11 is 0. The number of hydrogen-bond donors (Lipinski definition) is 2. The largest absolute Gasteiger partial charge is 0.489 e. The summed E-state index contributed by atoms with van der Waals surface area (Å²) < 4.78 is 5.67. The molecular weight excluding hydrogens is 234 g/mol. The Morgan fingerprint density at radius 3 is 2.06 bits per heavy atom. The van der Waals surface area contributed by atoms with E-state index >= 15 is 0 Å². The molecule has 0 saturated heterocycles. The lowest BCUT2D eigenvalue weighted by Crippen LogP contribution is -2.24. The number of carbonyl (C=O) groups excluding carboxylic acids is 2. The van der Waals surface area contributed by atoms with Gasteiger partial charge in [0.25, 0.3) is 11.8 Å². The van der Waals surface area contributed by atoms with Gasteiger partial charge in [-0.2, -0.15) is 0 Å². The molecule has 0 bridgehead atoms. The van der Waals surface area contributed by atoms with Crippen molar-refractivity contribution in [1.82, 2.24) is 15.6 Å². The Kier molecular flexibility index (Phi) is 3.45. The predicted octanol–water partition coefficient (Wildman–Crippen LogP) is 0.342. The summed E-state index contributed by atoms with van der Waals surface area (Å²) in [6.07, 6.45) is 4.80. The molecule has 2 rings (SSSR count). The average molecular weight is 249 g/mol. The number of pyridine rings is 1. The van der Waals surface area contributed by atoms with Crippen LogP contribution < -0.4 is 15.4 Å². The van der Waals surface area contributed by atoms with E-state index < -0.39 is 0 Å². The topological polar surface area (TPSA) is 80.3 Å². The lowest BCUT2D eigenvalue weighted by atomic mass is 10.1. The van der Waals surface area contributed by atoms with Crippen molar-refractivity contribution >= 4 is 11.8 Å². The Morgan fingerprint density at radius 2 is 1.67 bits per heavy atom. The quantitative estimate of drug-likeness (QED) is 0.806. The first-order valence-corrected chi connectivity index (χ1v) is 5.76. The van der Waals surface area contributed by atoms with E-state index in [1.54, 1.807) is 0 Å². The maximum Gasteiger partial charge on any atom is 0.256 e. The third-order valence-electron chi connectivity index (χ3n) is 2.65. The van der Waals surface area contributed by atoms with Gasteiger partial charge in [0.05, 0.1) is 6.10 Å². The minimum atomic E-state index is -0.316. The molecular formula is C12H15N3O3. The molecule has 1 aliphatic rings. The molecule has 0 unspecified atom stereocenters. The maximum atomic E-state index is 11.7. The molecule has 0 spiro atoms. The molecule has 2 N–H and O–H groups in total. The fraction of sp³-hybridized carbons (Fsp3) is 0.417. The number of carbonyl (C=O) groups is 2. The molecule has 96 valence electrons. The van der Waals surface area contributed by atoms with Gasteiger partial charge in [0.1, 0.15) is 16.9 Å². The standard InChI is InChI=1S/C12H15N3O3/c1-13-11(16)8-5-15-6-9(12(17)14-2)10(8)18-7-3-4-7/h5-7H,3-4H2,1-2H3,(H,13,16)(H,14,17). The SMILES string of the molecule is CNC(=O)c1cncc(C(=O)NC)c1OC1CC1. The van der Waals surface area contributed by atoms with E-state index in [2.05, 4.69) is 15.6 Å². The number of ether oxygens (including phenoxy) is 1. The highest BCUT2D eigenvalue weighted by Crippen LogP contribution is 2.31. The molecule has 0 aliphatic heterocycles. The lowest BCUT2D eigenvalue weighted by Gasteiger charge is -2.13. The van der Waals surface area contributed by atoms with Crippen LogP contribution >= 0.6 is 0 Å². The van der Waals surface area contributed by atoms with Gasteiger partial charge in [-0.3, -0.25) is 14.6 Å². The molecule has 6 heteroatoms. The first-order valence-electron chi connectivity index (χ1n) is 5.76. The Morgan fingerprint density at radius 1 is 1.17 bits per heavy atom. The van der Waals surface area contributed by atoms with Gasteiger partial charge in [-0.25, -0.2) is 0 Å². The van der Waals surface area contributed by atoms with Crippen LogP contribution in [0, 0.1) is 0 Å². The number of hydrogen-bond acceptors (Lipinski definition) is 4. The van der Waals surface area contributed by atoms with E-state index in [4.69, 9.17) is 4.74 Å². The summed E-state index contributed by atoms with van der Waals surface area (Å²) in [7, 11) is 3.05. The van der Waals surface area contributed by atoms with Crippen LogP contribution in [0.15, 0.2) is 12.4 Å². The lowest BCUT2D eigenvalue weighted by molar-refractivity contribution is 0.0954. The van der Waals surface area contributed by atoms with Gasteiger partial charge >= 0.3 is 0 Å². The molecule has 6 nitrogen and oxygen atoms in total. The van der Waals surface area contributed by atoms with Crippen molar-refractivity contribution in [3.63, 3.8) is 0 Å². The minimum Gasteiger partial charge on any atom is -0.489 e. The Balaban J connectivity index is 2.44. The van der Waals surface area contributed by atoms with Crippen molar-refractivity contribution in [2.24, 2.45) is 0 Å². The zero-order chi connectivity index (χ0) is 13.1. The zero-order valence-corrected chi connectivity index (χ0v) is 10.3. The number of rotatable bonds is 4. The fourth-order valence-corrected chi connectivity index (χ4v) is 1.52. The van der Waals surface area contributed by atoms with Crippen LogP contribution in [-0.4, -0.2) is 37.0 Å². The molecule has 2 amide bonds. The minimum absolute atomic E-state index is 0.0965. The number of aromatic nitrogens is 1. The van der Waals surface area contributed by atoms with E-state index in [1.807, 2.05) is 0 Å². The maximum absolute atomic E-state index is 11.7. The van der Waals surface area contributed by atoms with Gasteiger partial charge < -0.3 is 15.4 Å². The van der Waals surface area contributed by atoms with Gasteiger partial charge in [0.2, 0.25) is 0 Å². The van der Waals surface area contributed by atoms with E-state index in [9.17, 15) is 9.59 Å². The second-order valence-electron chi connectivity index (χ2n) is 4.04. The highest BCUT2D eigenvalue weighted by Gasteiger charge is 2.28. The van der Waals surface area contributed by atoms with Crippen LogP contribution in [0.5, 0.6) is 5.75 Å². The Bertz CT molecular complexity index is 449. The summed E-state index contributed by atoms with van der Waals surface area (Å²) in [6.45, 7) is 0. The number of nitrogens with one attached hydrogen (secondary N) is 2. The molecule has 0 radical (unpaired) electrons. The van der Waals surface area contributed by atoms with Crippen LogP contribution in [-0.2, 0) is 0 Å². The molecule has 1 aliphatic carbocycles. The zero-order valence-electron chi connectivity index (χ0n) is 10.3. The van der Waals surface area contributed by atoms with E-state index in [1.165, 1.54) is 26.5 Å². The molecule has 0 atom stereocenters. The first kappa shape index (κ1) is 12.3. The van der Waals surface area contributed by atoms with Crippen LogP contribution in [0.2, 0.25) is 0 Å². The summed E-state index contributed by atoms with van der Waals surface area (Å²) in [5, 5.41) is 5.02. The Hall–Kier alpha value is -2.11. The van der Waals surface area contributed by atoms with Crippen LogP contribution in [0.4, 0.5) is 0 Å². The molecule has 1 aromatic rings. The fourth-order valence-electron chi connectivity index (χ4n) is 1.52. The van der Waals surface area contributed by atoms with Crippen molar-refractivity contribution < 1.29 is 14.3 Å². The van der Waals surface area contributed by atoms with Crippen LogP contribution in [0.1, 0.15) is 33.6 Å². The Labute approximate surface area is 105 Å². The first-order chi connectivity index (χ1) is 8.67. The summed E-state index contributed by atoms with van der Waals surface area (Å²) in [5.74, 6) is -0.320. The second-order valence-corrected chi connectivity index (χ2v) is 4.04. The highest BCUT2D eigenvalue weighted by molar-refractivity contribution is 6.03. The molecule has 18 heavy (non-hydrogen) atoms. The van der Waals surface area contributed by atoms with Crippen molar-refractivity contribution in [2.75, 3.05) is 14.1 Å². The molecule has 1 fully saturated rings. The third-order valence-corrected chi connectivity index (χ3v) is 2.65. The van der Waals surface area contributed by atoms with Crippen LogP contribution in [0.25, 0.3) is 0 Å². The highest BCUT2D eigenvalue weighted by atomic mass is 16.5. The average Bonchev–Trinajstić information content (AvgIpc) is 3.21. The van der Waals surface area contributed by atoms with Gasteiger partial charge in [-0.15, -0.1) is 0 Å². The van der Waals surface area contributed by atoms with Crippen molar-refractivity contribution in [3.8, 4) is 5.75 Å². The number of amides is 2. The van der Waals surface area contributed by atoms with Gasteiger partial charge in [0.15, 0.2) is 0 Å². The second kappa shape index (κ2) is 5.03. The summed E-state index contributed by atoms with van der Waals surface area (Å²) in [4.78, 5) is 27.4. The molecule has 1 heterocycles. The third kappa shape index (κ3) is 2.42. The number of nitrogens with zero attached hydrogens (tertiary/aromatic N) is 1. The van der Waals surface area contributed by atoms with E-state index in [-0.39, 0.29) is 29.0 Å². The monoisotopic (exact) mass is 249 g/mol. The predicted molar refractivity (Wildman–Crippen MR) is 64.7 cm³/mol. The molecule has 1 saturated carbocycles. The summed E-state index contributed by atoms with van der Waals surface area (Å²) in [5.41, 5.74) is 0.566. The van der Waals surface area contributed by atoms with Gasteiger partial charge in [0, 0.05) is 26.5 Å². The normalized spacial score (nSPS) is 13.9. The summed E-state index contributed by atoms with van der Waals surface area (Å²) in [6, 6.07) is 0. The van der Waals surface area contributed by atoms with E-state index in [0.29, 0.717) is 5.75 Å². The molecule has 0 aromatic carbocycles.